The maximum absolute atomic E-state index is 12.3. The first-order valence-corrected chi connectivity index (χ1v) is 9.37. The van der Waals surface area contributed by atoms with Crippen molar-refractivity contribution in [2.24, 2.45) is 0 Å². The molecule has 28 heavy (non-hydrogen) atoms. The molecule has 0 amide bonds. The predicted molar refractivity (Wildman–Crippen MR) is 104 cm³/mol. The number of H-pyrrole nitrogens is 2. The van der Waals surface area contributed by atoms with Crippen LogP contribution in [0.5, 0.6) is 0 Å². The van der Waals surface area contributed by atoms with Crippen LogP contribution >= 0.6 is 0 Å². The van der Waals surface area contributed by atoms with Crippen molar-refractivity contribution in [3.63, 3.8) is 0 Å². The van der Waals surface area contributed by atoms with Gasteiger partial charge in [0, 0.05) is 19.0 Å². The molecule has 2 N–H and O–H groups in total. The SMILES string of the molecule is O=c1[nH]nc(C2CCN(c3ncnc4nc[nH]c34)CC2)n1Cc1ccccc1. The first kappa shape index (κ1) is 16.7. The van der Waals surface area contributed by atoms with Gasteiger partial charge in [-0.2, -0.15) is 5.10 Å². The van der Waals surface area contributed by atoms with Crippen molar-refractivity contribution in [1.29, 1.82) is 0 Å². The van der Waals surface area contributed by atoms with E-state index in [0.717, 1.165) is 48.7 Å². The highest BCUT2D eigenvalue weighted by Crippen LogP contribution is 2.30. The molecule has 1 aliphatic heterocycles. The van der Waals surface area contributed by atoms with Crippen LogP contribution in [0.3, 0.4) is 0 Å². The van der Waals surface area contributed by atoms with Crippen molar-refractivity contribution in [1.82, 2.24) is 34.7 Å². The van der Waals surface area contributed by atoms with E-state index in [1.165, 1.54) is 0 Å². The van der Waals surface area contributed by atoms with Gasteiger partial charge in [0.25, 0.3) is 0 Å². The summed E-state index contributed by atoms with van der Waals surface area (Å²) in [5.74, 6) is 1.95. The molecule has 1 aromatic carbocycles. The lowest BCUT2D eigenvalue weighted by Gasteiger charge is -2.32. The topological polar surface area (TPSA) is 108 Å². The van der Waals surface area contributed by atoms with Crippen LogP contribution in [0.15, 0.2) is 47.8 Å². The van der Waals surface area contributed by atoms with Gasteiger partial charge in [0.15, 0.2) is 11.5 Å². The number of nitrogens with zero attached hydrogens (tertiary/aromatic N) is 6. The number of anilines is 1. The molecule has 4 heterocycles. The van der Waals surface area contributed by atoms with Crippen LogP contribution in [-0.2, 0) is 6.54 Å². The number of hydrogen-bond acceptors (Lipinski definition) is 6. The number of aromatic amines is 2. The maximum atomic E-state index is 12.3. The Morgan fingerprint density at radius 3 is 2.71 bits per heavy atom. The minimum Gasteiger partial charge on any atom is -0.355 e. The monoisotopic (exact) mass is 376 g/mol. The molecule has 9 heteroatoms. The Labute approximate surface area is 160 Å². The lowest BCUT2D eigenvalue weighted by atomic mass is 9.95. The Hall–Kier alpha value is -3.49. The zero-order valence-electron chi connectivity index (χ0n) is 15.2. The number of benzene rings is 1. The molecular weight excluding hydrogens is 356 g/mol. The molecule has 1 saturated heterocycles. The van der Waals surface area contributed by atoms with Gasteiger partial charge in [-0.3, -0.25) is 4.57 Å². The second-order valence-corrected chi connectivity index (χ2v) is 7.02. The smallest absolute Gasteiger partial charge is 0.343 e. The van der Waals surface area contributed by atoms with E-state index in [9.17, 15) is 4.79 Å². The van der Waals surface area contributed by atoms with Crippen LogP contribution in [0.25, 0.3) is 11.2 Å². The van der Waals surface area contributed by atoms with Crippen molar-refractivity contribution in [3.05, 3.63) is 64.9 Å². The first-order chi connectivity index (χ1) is 13.8. The van der Waals surface area contributed by atoms with Crippen LogP contribution < -0.4 is 10.6 Å². The maximum Gasteiger partial charge on any atom is 0.343 e. The van der Waals surface area contributed by atoms with Gasteiger partial charge in [-0.15, -0.1) is 0 Å². The Morgan fingerprint density at radius 1 is 1.07 bits per heavy atom. The van der Waals surface area contributed by atoms with Gasteiger partial charge in [0.1, 0.15) is 17.7 Å². The number of piperidine rings is 1. The molecule has 0 aliphatic carbocycles. The number of aromatic nitrogens is 7. The van der Waals surface area contributed by atoms with E-state index in [4.69, 9.17) is 0 Å². The van der Waals surface area contributed by atoms with E-state index in [1.54, 1.807) is 17.2 Å². The first-order valence-electron chi connectivity index (χ1n) is 9.37. The van der Waals surface area contributed by atoms with Crippen molar-refractivity contribution in [2.45, 2.75) is 25.3 Å². The molecule has 1 fully saturated rings. The second-order valence-electron chi connectivity index (χ2n) is 7.02. The fourth-order valence-electron chi connectivity index (χ4n) is 3.90. The summed E-state index contributed by atoms with van der Waals surface area (Å²) in [6.07, 6.45) is 4.99. The van der Waals surface area contributed by atoms with Crippen LogP contribution in [0.1, 0.15) is 30.1 Å². The quantitative estimate of drug-likeness (QED) is 0.561. The molecule has 9 nitrogen and oxygen atoms in total. The zero-order chi connectivity index (χ0) is 18.9. The highest BCUT2D eigenvalue weighted by atomic mass is 16.1. The lowest BCUT2D eigenvalue weighted by molar-refractivity contribution is 0.466. The number of rotatable bonds is 4. The fraction of sp³-hybridized carbons (Fsp3) is 0.316. The van der Waals surface area contributed by atoms with Gasteiger partial charge in [0.2, 0.25) is 0 Å². The Kier molecular flexibility index (Phi) is 4.12. The number of nitrogens with one attached hydrogen (secondary N) is 2. The van der Waals surface area contributed by atoms with E-state index in [1.807, 2.05) is 30.3 Å². The second kappa shape index (κ2) is 6.91. The molecule has 0 bridgehead atoms. The lowest BCUT2D eigenvalue weighted by Crippen LogP contribution is -2.35. The molecule has 5 rings (SSSR count). The summed E-state index contributed by atoms with van der Waals surface area (Å²) in [5.41, 5.74) is 2.47. The molecule has 0 radical (unpaired) electrons. The molecule has 0 spiro atoms. The highest BCUT2D eigenvalue weighted by molar-refractivity contribution is 5.82. The summed E-state index contributed by atoms with van der Waals surface area (Å²) in [5, 5.41) is 6.97. The number of imidazole rings is 1. The molecular formula is C19H20N8O. The summed E-state index contributed by atoms with van der Waals surface area (Å²) in [4.78, 5) is 30.5. The van der Waals surface area contributed by atoms with Crippen LogP contribution in [0, 0.1) is 0 Å². The van der Waals surface area contributed by atoms with E-state index in [-0.39, 0.29) is 11.6 Å². The van der Waals surface area contributed by atoms with E-state index in [0.29, 0.717) is 12.2 Å². The molecule has 0 saturated carbocycles. The average molecular weight is 376 g/mol. The molecule has 0 unspecified atom stereocenters. The summed E-state index contributed by atoms with van der Waals surface area (Å²) in [7, 11) is 0. The van der Waals surface area contributed by atoms with Gasteiger partial charge in [-0.1, -0.05) is 30.3 Å². The number of fused-ring (bicyclic) bond motifs is 1. The van der Waals surface area contributed by atoms with Gasteiger partial charge < -0.3 is 9.88 Å². The van der Waals surface area contributed by atoms with Crippen LogP contribution in [0.2, 0.25) is 0 Å². The van der Waals surface area contributed by atoms with Crippen molar-refractivity contribution in [3.8, 4) is 0 Å². The molecule has 142 valence electrons. The minimum absolute atomic E-state index is 0.156. The predicted octanol–water partition coefficient (Wildman–Crippen LogP) is 1.67. The van der Waals surface area contributed by atoms with E-state index in [2.05, 4.69) is 35.0 Å². The minimum atomic E-state index is -0.156. The standard InChI is InChI=1S/C19H20N8O/c28-19-25-24-17(27(19)10-13-4-2-1-3-5-13)14-6-8-26(9-7-14)18-15-16(21-11-20-15)22-12-23-18/h1-5,11-12,14H,6-10H2,(H,25,28)(H,20,21,22,23). The Morgan fingerprint density at radius 2 is 1.89 bits per heavy atom. The summed E-state index contributed by atoms with van der Waals surface area (Å²) in [6, 6.07) is 9.99. The summed E-state index contributed by atoms with van der Waals surface area (Å²) < 4.78 is 1.76. The molecule has 3 aromatic heterocycles. The van der Waals surface area contributed by atoms with Crippen LogP contribution in [-0.4, -0.2) is 47.8 Å². The Bertz CT molecular complexity index is 1140. The van der Waals surface area contributed by atoms with Gasteiger partial charge >= 0.3 is 5.69 Å². The van der Waals surface area contributed by atoms with Crippen molar-refractivity contribution >= 4 is 17.0 Å². The van der Waals surface area contributed by atoms with Gasteiger partial charge in [0.05, 0.1) is 12.9 Å². The third-order valence-electron chi connectivity index (χ3n) is 5.33. The van der Waals surface area contributed by atoms with E-state index >= 15 is 0 Å². The van der Waals surface area contributed by atoms with Crippen LogP contribution in [0.4, 0.5) is 5.82 Å². The summed E-state index contributed by atoms with van der Waals surface area (Å²) >= 11 is 0. The summed E-state index contributed by atoms with van der Waals surface area (Å²) in [6.45, 7) is 2.21. The van der Waals surface area contributed by atoms with Crippen molar-refractivity contribution in [2.75, 3.05) is 18.0 Å². The third-order valence-corrected chi connectivity index (χ3v) is 5.33. The average Bonchev–Trinajstić information content (AvgIpc) is 3.36. The van der Waals surface area contributed by atoms with Gasteiger partial charge in [-0.05, 0) is 18.4 Å². The number of hydrogen-bond donors (Lipinski definition) is 2. The Balaban J connectivity index is 1.35. The normalized spacial score (nSPS) is 15.4. The molecule has 1 aliphatic rings. The zero-order valence-corrected chi connectivity index (χ0v) is 15.2. The molecule has 4 aromatic rings. The fourth-order valence-corrected chi connectivity index (χ4v) is 3.90. The third kappa shape index (κ3) is 2.94. The largest absolute Gasteiger partial charge is 0.355 e. The highest BCUT2D eigenvalue weighted by Gasteiger charge is 2.27. The van der Waals surface area contributed by atoms with Crippen molar-refractivity contribution < 1.29 is 0 Å². The van der Waals surface area contributed by atoms with Gasteiger partial charge in [-0.25, -0.2) is 24.8 Å². The molecule has 0 atom stereocenters. The van der Waals surface area contributed by atoms with E-state index < -0.39 is 0 Å².